The molecule has 0 aliphatic carbocycles. The predicted octanol–water partition coefficient (Wildman–Crippen LogP) is 1.98. The standard InChI is InChI=1S/C11H20O2/c1-5-7(2)11-8(3)6-10(13-11)9(4)12/h5,7-12H,1,6H2,2-4H3/t7-,8-,9-,10+,11-/m0/s1. The number of hydrogen-bond donors (Lipinski definition) is 1. The van der Waals surface area contributed by atoms with E-state index in [-0.39, 0.29) is 18.3 Å². The topological polar surface area (TPSA) is 29.5 Å². The van der Waals surface area contributed by atoms with Crippen molar-refractivity contribution < 1.29 is 9.84 Å². The van der Waals surface area contributed by atoms with E-state index < -0.39 is 0 Å². The van der Waals surface area contributed by atoms with Crippen LogP contribution in [0.4, 0.5) is 0 Å². The van der Waals surface area contributed by atoms with Gasteiger partial charge >= 0.3 is 0 Å². The summed E-state index contributed by atoms with van der Waals surface area (Å²) in [5, 5.41) is 9.39. The van der Waals surface area contributed by atoms with E-state index in [0.717, 1.165) is 6.42 Å². The molecule has 1 saturated heterocycles. The Morgan fingerprint density at radius 1 is 1.54 bits per heavy atom. The first-order valence-electron chi connectivity index (χ1n) is 5.02. The highest BCUT2D eigenvalue weighted by molar-refractivity contribution is 4.91. The van der Waals surface area contributed by atoms with Gasteiger partial charge in [-0.25, -0.2) is 0 Å². The minimum absolute atomic E-state index is 0.0161. The molecule has 0 unspecified atom stereocenters. The van der Waals surface area contributed by atoms with E-state index in [0.29, 0.717) is 11.8 Å². The van der Waals surface area contributed by atoms with Gasteiger partial charge in [-0.15, -0.1) is 6.58 Å². The Balaban J connectivity index is 2.55. The zero-order chi connectivity index (χ0) is 10.0. The fourth-order valence-corrected chi connectivity index (χ4v) is 1.98. The molecule has 0 aromatic carbocycles. The monoisotopic (exact) mass is 184 g/mol. The minimum atomic E-state index is -0.357. The van der Waals surface area contributed by atoms with Crippen molar-refractivity contribution in [1.29, 1.82) is 0 Å². The molecule has 2 heteroatoms. The van der Waals surface area contributed by atoms with E-state index in [4.69, 9.17) is 4.74 Å². The molecule has 1 N–H and O–H groups in total. The molecule has 0 radical (unpaired) electrons. The highest BCUT2D eigenvalue weighted by Gasteiger charge is 2.36. The lowest BCUT2D eigenvalue weighted by atomic mass is 9.92. The third kappa shape index (κ3) is 2.32. The van der Waals surface area contributed by atoms with E-state index in [1.54, 1.807) is 6.92 Å². The number of ether oxygens (including phenoxy) is 1. The Morgan fingerprint density at radius 3 is 2.54 bits per heavy atom. The first kappa shape index (κ1) is 10.7. The molecule has 1 rings (SSSR count). The SMILES string of the molecule is C=C[C@H](C)[C@@H]1O[C@@H]([C@H](C)O)C[C@@H]1C. The summed E-state index contributed by atoms with van der Waals surface area (Å²) < 4.78 is 5.77. The molecule has 0 saturated carbocycles. The number of aliphatic hydroxyl groups is 1. The normalized spacial score (nSPS) is 38.6. The molecule has 1 aliphatic rings. The second-order valence-corrected chi connectivity index (χ2v) is 4.19. The molecule has 1 aliphatic heterocycles. The van der Waals surface area contributed by atoms with Gasteiger partial charge in [0.1, 0.15) is 0 Å². The number of hydrogen-bond acceptors (Lipinski definition) is 2. The lowest BCUT2D eigenvalue weighted by Gasteiger charge is -2.20. The Hall–Kier alpha value is -0.340. The number of aliphatic hydroxyl groups excluding tert-OH is 1. The lowest BCUT2D eigenvalue weighted by Crippen LogP contribution is -2.25. The van der Waals surface area contributed by atoms with Crippen LogP contribution in [0.15, 0.2) is 12.7 Å². The summed E-state index contributed by atoms with van der Waals surface area (Å²) in [5.74, 6) is 0.895. The van der Waals surface area contributed by atoms with Gasteiger partial charge in [0.2, 0.25) is 0 Å². The van der Waals surface area contributed by atoms with Crippen molar-refractivity contribution in [2.75, 3.05) is 0 Å². The van der Waals surface area contributed by atoms with Crippen LogP contribution in [0.3, 0.4) is 0 Å². The third-order valence-corrected chi connectivity index (χ3v) is 2.92. The van der Waals surface area contributed by atoms with Crippen LogP contribution in [-0.2, 0) is 4.74 Å². The van der Waals surface area contributed by atoms with Crippen molar-refractivity contribution in [3.05, 3.63) is 12.7 Å². The summed E-state index contributed by atoms with van der Waals surface area (Å²) >= 11 is 0. The van der Waals surface area contributed by atoms with Gasteiger partial charge in [0.15, 0.2) is 0 Å². The maximum absolute atomic E-state index is 9.39. The van der Waals surface area contributed by atoms with Crippen LogP contribution >= 0.6 is 0 Å². The highest BCUT2D eigenvalue weighted by Crippen LogP contribution is 2.32. The Kier molecular flexibility index (Phi) is 3.51. The second kappa shape index (κ2) is 4.25. The van der Waals surface area contributed by atoms with Crippen molar-refractivity contribution in [2.24, 2.45) is 11.8 Å². The molecule has 0 aromatic rings. The first-order chi connectivity index (χ1) is 6.06. The minimum Gasteiger partial charge on any atom is -0.391 e. The molecular formula is C11H20O2. The van der Waals surface area contributed by atoms with Crippen LogP contribution in [-0.4, -0.2) is 23.4 Å². The summed E-state index contributed by atoms with van der Waals surface area (Å²) in [6.45, 7) is 9.84. The second-order valence-electron chi connectivity index (χ2n) is 4.19. The van der Waals surface area contributed by atoms with Gasteiger partial charge in [-0.2, -0.15) is 0 Å². The van der Waals surface area contributed by atoms with Gasteiger partial charge in [0, 0.05) is 5.92 Å². The van der Waals surface area contributed by atoms with Gasteiger partial charge in [-0.3, -0.25) is 0 Å². The average molecular weight is 184 g/mol. The molecule has 13 heavy (non-hydrogen) atoms. The van der Waals surface area contributed by atoms with E-state index in [9.17, 15) is 5.11 Å². The Morgan fingerprint density at radius 2 is 2.15 bits per heavy atom. The average Bonchev–Trinajstić information content (AvgIpc) is 2.46. The van der Waals surface area contributed by atoms with Crippen molar-refractivity contribution in [1.82, 2.24) is 0 Å². The zero-order valence-electron chi connectivity index (χ0n) is 8.73. The van der Waals surface area contributed by atoms with E-state index in [1.807, 2.05) is 6.08 Å². The first-order valence-corrected chi connectivity index (χ1v) is 5.02. The van der Waals surface area contributed by atoms with Crippen LogP contribution in [0, 0.1) is 11.8 Å². The molecule has 0 aromatic heterocycles. The van der Waals surface area contributed by atoms with Gasteiger partial charge in [0.05, 0.1) is 18.3 Å². The molecular weight excluding hydrogens is 164 g/mol. The molecule has 0 amide bonds. The summed E-state index contributed by atoms with van der Waals surface area (Å²) in [4.78, 5) is 0. The fraction of sp³-hybridized carbons (Fsp3) is 0.818. The van der Waals surface area contributed by atoms with Crippen molar-refractivity contribution in [2.45, 2.75) is 45.5 Å². The van der Waals surface area contributed by atoms with Crippen LogP contribution < -0.4 is 0 Å². The molecule has 1 heterocycles. The Bertz CT molecular complexity index is 177. The highest BCUT2D eigenvalue weighted by atomic mass is 16.5. The Labute approximate surface area is 80.6 Å². The van der Waals surface area contributed by atoms with E-state index in [1.165, 1.54) is 0 Å². The van der Waals surface area contributed by atoms with Crippen LogP contribution in [0.5, 0.6) is 0 Å². The van der Waals surface area contributed by atoms with Gasteiger partial charge < -0.3 is 9.84 Å². The van der Waals surface area contributed by atoms with Crippen LogP contribution in [0.2, 0.25) is 0 Å². The molecule has 76 valence electrons. The predicted molar refractivity (Wildman–Crippen MR) is 53.5 cm³/mol. The molecule has 5 atom stereocenters. The largest absolute Gasteiger partial charge is 0.391 e. The maximum atomic E-state index is 9.39. The van der Waals surface area contributed by atoms with Crippen LogP contribution in [0.25, 0.3) is 0 Å². The number of rotatable bonds is 3. The summed E-state index contributed by atoms with van der Waals surface area (Å²) in [5.41, 5.74) is 0. The molecule has 0 spiro atoms. The van der Waals surface area contributed by atoms with Gasteiger partial charge in [0.25, 0.3) is 0 Å². The molecule has 0 bridgehead atoms. The molecule has 1 fully saturated rings. The van der Waals surface area contributed by atoms with E-state index in [2.05, 4.69) is 20.4 Å². The summed E-state index contributed by atoms with van der Waals surface area (Å²) in [6.07, 6.45) is 2.77. The summed E-state index contributed by atoms with van der Waals surface area (Å²) in [6, 6.07) is 0. The smallest absolute Gasteiger partial charge is 0.0838 e. The zero-order valence-corrected chi connectivity index (χ0v) is 8.73. The maximum Gasteiger partial charge on any atom is 0.0838 e. The lowest BCUT2D eigenvalue weighted by molar-refractivity contribution is -0.0409. The van der Waals surface area contributed by atoms with Gasteiger partial charge in [-0.1, -0.05) is 19.9 Å². The van der Waals surface area contributed by atoms with E-state index >= 15 is 0 Å². The molecule has 2 nitrogen and oxygen atoms in total. The summed E-state index contributed by atoms with van der Waals surface area (Å²) in [7, 11) is 0. The quantitative estimate of drug-likeness (QED) is 0.680. The van der Waals surface area contributed by atoms with Crippen LogP contribution in [0.1, 0.15) is 27.2 Å². The fourth-order valence-electron chi connectivity index (χ4n) is 1.98. The van der Waals surface area contributed by atoms with Crippen molar-refractivity contribution in [3.8, 4) is 0 Å². The third-order valence-electron chi connectivity index (χ3n) is 2.92. The van der Waals surface area contributed by atoms with Gasteiger partial charge in [-0.05, 0) is 19.3 Å². The van der Waals surface area contributed by atoms with Crippen molar-refractivity contribution in [3.63, 3.8) is 0 Å². The van der Waals surface area contributed by atoms with Crippen molar-refractivity contribution >= 4 is 0 Å².